The number of benzene rings is 1. The first-order valence-electron chi connectivity index (χ1n) is 5.06. The molecule has 16 heavy (non-hydrogen) atoms. The molecule has 1 heterocycles. The Morgan fingerprint density at radius 1 is 1.44 bits per heavy atom. The van der Waals surface area contributed by atoms with E-state index in [9.17, 15) is 9.59 Å². The molecule has 0 aromatic heterocycles. The molecule has 1 aliphatic rings. The molecule has 0 spiro atoms. The molecule has 0 saturated carbocycles. The summed E-state index contributed by atoms with van der Waals surface area (Å²) in [4.78, 5) is 24.7. The van der Waals surface area contributed by atoms with Gasteiger partial charge in [-0.3, -0.25) is 4.79 Å². The second-order valence-corrected chi connectivity index (χ2v) is 3.88. The van der Waals surface area contributed by atoms with Gasteiger partial charge in [0.05, 0.1) is 18.6 Å². The molecule has 1 amide bonds. The van der Waals surface area contributed by atoms with E-state index in [1.54, 1.807) is 30.1 Å². The van der Waals surface area contributed by atoms with Gasteiger partial charge in [0.1, 0.15) is 0 Å². The Hall–Kier alpha value is -1.84. The lowest BCUT2D eigenvalue weighted by Gasteiger charge is -2.09. The van der Waals surface area contributed by atoms with Gasteiger partial charge in [0, 0.05) is 12.7 Å². The molecule has 2 rings (SSSR count). The van der Waals surface area contributed by atoms with Crippen molar-refractivity contribution in [3.05, 3.63) is 29.3 Å². The van der Waals surface area contributed by atoms with E-state index in [4.69, 9.17) is 0 Å². The standard InChI is InChI=1S/C12H13NO3/c1-7-9-6-8(12(15)16-3)4-5-10(9)13(2)11(7)14/h4-7H,1-3H3. The molecule has 1 atom stereocenters. The highest BCUT2D eigenvalue weighted by Gasteiger charge is 2.32. The van der Waals surface area contributed by atoms with E-state index < -0.39 is 0 Å². The van der Waals surface area contributed by atoms with Crippen LogP contribution in [0.4, 0.5) is 5.69 Å². The molecule has 0 N–H and O–H groups in total. The van der Waals surface area contributed by atoms with Crippen LogP contribution in [0, 0.1) is 0 Å². The Labute approximate surface area is 93.8 Å². The largest absolute Gasteiger partial charge is 0.465 e. The SMILES string of the molecule is COC(=O)c1ccc2c(c1)C(C)C(=O)N2C. The van der Waals surface area contributed by atoms with Gasteiger partial charge in [-0.15, -0.1) is 0 Å². The Balaban J connectivity index is 2.49. The van der Waals surface area contributed by atoms with Gasteiger partial charge in [-0.2, -0.15) is 0 Å². The van der Waals surface area contributed by atoms with Crippen molar-refractivity contribution >= 4 is 17.6 Å². The number of hydrogen-bond acceptors (Lipinski definition) is 3. The monoisotopic (exact) mass is 219 g/mol. The average molecular weight is 219 g/mol. The summed E-state index contributed by atoms with van der Waals surface area (Å²) >= 11 is 0. The van der Waals surface area contributed by atoms with E-state index in [0.29, 0.717) is 5.56 Å². The van der Waals surface area contributed by atoms with Crippen molar-refractivity contribution in [2.75, 3.05) is 19.1 Å². The fourth-order valence-corrected chi connectivity index (χ4v) is 1.99. The van der Waals surface area contributed by atoms with E-state index >= 15 is 0 Å². The van der Waals surface area contributed by atoms with Gasteiger partial charge in [-0.05, 0) is 30.7 Å². The quantitative estimate of drug-likeness (QED) is 0.673. The van der Waals surface area contributed by atoms with Crippen LogP contribution in [0.5, 0.6) is 0 Å². The summed E-state index contributed by atoms with van der Waals surface area (Å²) < 4.78 is 4.65. The number of hydrogen-bond donors (Lipinski definition) is 0. The zero-order valence-electron chi connectivity index (χ0n) is 9.48. The first-order valence-corrected chi connectivity index (χ1v) is 5.06. The molecule has 1 unspecified atom stereocenters. The number of rotatable bonds is 1. The molecule has 4 heteroatoms. The lowest BCUT2D eigenvalue weighted by atomic mass is 10.0. The summed E-state index contributed by atoms with van der Waals surface area (Å²) in [6, 6.07) is 5.18. The van der Waals surface area contributed by atoms with Gasteiger partial charge in [0.2, 0.25) is 5.91 Å². The number of carbonyl (C=O) groups excluding carboxylic acids is 2. The predicted octanol–water partition coefficient (Wildman–Crippen LogP) is 1.55. The highest BCUT2D eigenvalue weighted by Crippen LogP contribution is 2.36. The van der Waals surface area contributed by atoms with Crippen LogP contribution in [0.25, 0.3) is 0 Å². The second kappa shape index (κ2) is 3.63. The molecule has 4 nitrogen and oxygen atoms in total. The van der Waals surface area contributed by atoms with Crippen molar-refractivity contribution in [3.63, 3.8) is 0 Å². The van der Waals surface area contributed by atoms with Crippen molar-refractivity contribution < 1.29 is 14.3 Å². The first kappa shape index (κ1) is 10.7. The van der Waals surface area contributed by atoms with Crippen molar-refractivity contribution in [1.29, 1.82) is 0 Å². The predicted molar refractivity (Wildman–Crippen MR) is 59.6 cm³/mol. The minimum absolute atomic E-state index is 0.0528. The van der Waals surface area contributed by atoms with Crippen LogP contribution >= 0.6 is 0 Å². The highest BCUT2D eigenvalue weighted by atomic mass is 16.5. The van der Waals surface area contributed by atoms with Crippen LogP contribution in [0.3, 0.4) is 0 Å². The maximum Gasteiger partial charge on any atom is 0.337 e. The summed E-state index contributed by atoms with van der Waals surface area (Å²) in [5, 5.41) is 0. The fraction of sp³-hybridized carbons (Fsp3) is 0.333. The van der Waals surface area contributed by atoms with E-state index in [2.05, 4.69) is 4.74 Å². The number of fused-ring (bicyclic) bond motifs is 1. The minimum Gasteiger partial charge on any atom is -0.465 e. The zero-order chi connectivity index (χ0) is 11.9. The number of amides is 1. The molecule has 0 aliphatic carbocycles. The number of esters is 1. The Morgan fingerprint density at radius 3 is 2.75 bits per heavy atom. The molecule has 0 bridgehead atoms. The molecule has 1 aromatic rings. The second-order valence-electron chi connectivity index (χ2n) is 3.88. The van der Waals surface area contributed by atoms with Crippen molar-refractivity contribution in [2.45, 2.75) is 12.8 Å². The summed E-state index contributed by atoms with van der Waals surface area (Å²) in [6.07, 6.45) is 0. The minimum atomic E-state index is -0.378. The lowest BCUT2D eigenvalue weighted by molar-refractivity contribution is -0.118. The molecular formula is C12H13NO3. The summed E-state index contributed by atoms with van der Waals surface area (Å²) in [6.45, 7) is 1.84. The molecule has 0 saturated heterocycles. The lowest BCUT2D eigenvalue weighted by Crippen LogP contribution is -2.22. The van der Waals surface area contributed by atoms with Crippen LogP contribution in [0.1, 0.15) is 28.8 Å². The molecule has 1 aliphatic heterocycles. The number of ether oxygens (including phenoxy) is 1. The normalized spacial score (nSPS) is 18.6. The zero-order valence-corrected chi connectivity index (χ0v) is 9.48. The molecule has 84 valence electrons. The smallest absolute Gasteiger partial charge is 0.337 e. The van der Waals surface area contributed by atoms with E-state index in [0.717, 1.165) is 11.3 Å². The van der Waals surface area contributed by atoms with Crippen LogP contribution in [0.15, 0.2) is 18.2 Å². The Bertz CT molecular complexity index is 467. The van der Waals surface area contributed by atoms with Gasteiger partial charge in [0.25, 0.3) is 0 Å². The summed E-state index contributed by atoms with van der Waals surface area (Å²) in [5.74, 6) is -0.515. The van der Waals surface area contributed by atoms with Gasteiger partial charge in [-0.1, -0.05) is 0 Å². The Morgan fingerprint density at radius 2 is 2.12 bits per heavy atom. The fourth-order valence-electron chi connectivity index (χ4n) is 1.99. The highest BCUT2D eigenvalue weighted by molar-refractivity contribution is 6.05. The molecule has 0 radical (unpaired) electrons. The topological polar surface area (TPSA) is 46.6 Å². The number of carbonyl (C=O) groups is 2. The van der Waals surface area contributed by atoms with Crippen molar-refractivity contribution in [3.8, 4) is 0 Å². The van der Waals surface area contributed by atoms with Crippen molar-refractivity contribution in [1.82, 2.24) is 0 Å². The third kappa shape index (κ3) is 1.38. The van der Waals surface area contributed by atoms with Gasteiger partial charge >= 0.3 is 5.97 Å². The summed E-state index contributed by atoms with van der Waals surface area (Å²) in [7, 11) is 3.08. The Kier molecular flexibility index (Phi) is 2.42. The molecule has 1 aromatic carbocycles. The maximum atomic E-state index is 11.7. The van der Waals surface area contributed by atoms with E-state index in [-0.39, 0.29) is 17.8 Å². The van der Waals surface area contributed by atoms with Gasteiger partial charge < -0.3 is 9.64 Å². The van der Waals surface area contributed by atoms with Crippen molar-refractivity contribution in [2.24, 2.45) is 0 Å². The van der Waals surface area contributed by atoms with Crippen LogP contribution in [-0.2, 0) is 9.53 Å². The van der Waals surface area contributed by atoms with Gasteiger partial charge in [0.15, 0.2) is 0 Å². The van der Waals surface area contributed by atoms with E-state index in [1.165, 1.54) is 7.11 Å². The van der Waals surface area contributed by atoms with E-state index in [1.807, 2.05) is 6.92 Å². The summed E-state index contributed by atoms with van der Waals surface area (Å²) in [5.41, 5.74) is 2.23. The number of anilines is 1. The average Bonchev–Trinajstić information content (AvgIpc) is 2.53. The molecular weight excluding hydrogens is 206 g/mol. The first-order chi connectivity index (χ1) is 7.56. The van der Waals surface area contributed by atoms with Crippen LogP contribution < -0.4 is 4.90 Å². The maximum absolute atomic E-state index is 11.7. The van der Waals surface area contributed by atoms with Crippen LogP contribution in [0.2, 0.25) is 0 Å². The van der Waals surface area contributed by atoms with Gasteiger partial charge in [-0.25, -0.2) is 4.79 Å². The third-order valence-electron chi connectivity index (χ3n) is 2.98. The van der Waals surface area contributed by atoms with Crippen LogP contribution in [-0.4, -0.2) is 26.0 Å². The molecule has 0 fully saturated rings. The number of nitrogens with zero attached hydrogens (tertiary/aromatic N) is 1. The number of methoxy groups -OCH3 is 1. The third-order valence-corrected chi connectivity index (χ3v) is 2.98. The number of likely N-dealkylation sites (N-methyl/N-ethyl adjacent to an activating group) is 1.